The number of anilines is 1. The summed E-state index contributed by atoms with van der Waals surface area (Å²) in [5, 5.41) is 1.16. The largest absolute Gasteiger partial charge is 0.489 e. The van der Waals surface area contributed by atoms with Crippen molar-refractivity contribution < 1.29 is 9.47 Å². The monoisotopic (exact) mass is 399 g/mol. The van der Waals surface area contributed by atoms with Gasteiger partial charge in [0, 0.05) is 60.5 Å². The number of rotatable bonds is 6. The van der Waals surface area contributed by atoms with Crippen LogP contribution in [0.25, 0.3) is 10.9 Å². The van der Waals surface area contributed by atoms with Crippen molar-refractivity contribution in [3.63, 3.8) is 0 Å². The molecule has 0 saturated carbocycles. The first-order chi connectivity index (χ1) is 13.2. The zero-order valence-corrected chi connectivity index (χ0v) is 17.1. The Bertz CT molecular complexity index is 920. The van der Waals surface area contributed by atoms with Crippen molar-refractivity contribution in [2.24, 2.45) is 0 Å². The van der Waals surface area contributed by atoms with Gasteiger partial charge in [-0.05, 0) is 44.5 Å². The SMILES string of the molecule is CCO[C@H]1CCN(c2cc(C)nc3cc(OCc4cccnc4)ccc23)C1.Cl. The summed E-state index contributed by atoms with van der Waals surface area (Å²) < 4.78 is 11.7. The molecule has 0 radical (unpaired) electrons. The van der Waals surface area contributed by atoms with Gasteiger partial charge < -0.3 is 14.4 Å². The summed E-state index contributed by atoms with van der Waals surface area (Å²) in [5.74, 6) is 0.823. The highest BCUT2D eigenvalue weighted by Crippen LogP contribution is 2.32. The van der Waals surface area contributed by atoms with Gasteiger partial charge in [-0.2, -0.15) is 0 Å². The van der Waals surface area contributed by atoms with E-state index in [1.54, 1.807) is 6.20 Å². The third-order valence-corrected chi connectivity index (χ3v) is 4.90. The maximum absolute atomic E-state index is 5.94. The van der Waals surface area contributed by atoms with Crippen molar-refractivity contribution in [3.8, 4) is 5.75 Å². The van der Waals surface area contributed by atoms with Crippen LogP contribution in [-0.4, -0.2) is 35.8 Å². The van der Waals surface area contributed by atoms with Crippen LogP contribution in [-0.2, 0) is 11.3 Å². The second-order valence-corrected chi connectivity index (χ2v) is 6.92. The standard InChI is InChI=1S/C22H25N3O2.ClH/c1-3-26-19-8-10-25(14-19)22-11-16(2)24-21-12-18(6-7-20(21)22)27-15-17-5-4-9-23-13-17;/h4-7,9,11-13,19H,3,8,10,14-15H2,1-2H3;1H/t19-;/m0./s1. The molecule has 1 aliphatic heterocycles. The first-order valence-corrected chi connectivity index (χ1v) is 9.52. The topological polar surface area (TPSA) is 47.5 Å². The zero-order valence-electron chi connectivity index (χ0n) is 16.3. The lowest BCUT2D eigenvalue weighted by molar-refractivity contribution is 0.0788. The first-order valence-electron chi connectivity index (χ1n) is 9.52. The highest BCUT2D eigenvalue weighted by molar-refractivity contribution is 5.93. The highest BCUT2D eigenvalue weighted by Gasteiger charge is 2.24. The molecule has 3 heterocycles. The maximum atomic E-state index is 5.94. The molecule has 3 aromatic rings. The van der Waals surface area contributed by atoms with Crippen molar-refractivity contribution in [1.82, 2.24) is 9.97 Å². The van der Waals surface area contributed by atoms with Gasteiger partial charge in [0.15, 0.2) is 0 Å². The van der Waals surface area contributed by atoms with Crippen LogP contribution in [0.5, 0.6) is 5.75 Å². The molecule has 1 fully saturated rings. The lowest BCUT2D eigenvalue weighted by atomic mass is 10.1. The lowest BCUT2D eigenvalue weighted by Crippen LogP contribution is -2.23. The summed E-state index contributed by atoms with van der Waals surface area (Å²) >= 11 is 0. The van der Waals surface area contributed by atoms with Gasteiger partial charge in [0.25, 0.3) is 0 Å². The maximum Gasteiger partial charge on any atom is 0.122 e. The van der Waals surface area contributed by atoms with Crippen LogP contribution in [0.1, 0.15) is 24.6 Å². The molecule has 28 heavy (non-hydrogen) atoms. The second-order valence-electron chi connectivity index (χ2n) is 6.92. The van der Waals surface area contributed by atoms with E-state index in [4.69, 9.17) is 14.5 Å². The van der Waals surface area contributed by atoms with Gasteiger partial charge in [-0.25, -0.2) is 0 Å². The molecule has 0 amide bonds. The second kappa shape index (κ2) is 9.22. The Kier molecular flexibility index (Phi) is 6.70. The number of hydrogen-bond acceptors (Lipinski definition) is 5. The van der Waals surface area contributed by atoms with E-state index < -0.39 is 0 Å². The van der Waals surface area contributed by atoms with Crippen LogP contribution >= 0.6 is 12.4 Å². The first kappa shape index (κ1) is 20.4. The number of fused-ring (bicyclic) bond motifs is 1. The van der Waals surface area contributed by atoms with Gasteiger partial charge in [-0.1, -0.05) is 6.07 Å². The average molecular weight is 400 g/mol. The van der Waals surface area contributed by atoms with E-state index in [1.807, 2.05) is 37.4 Å². The van der Waals surface area contributed by atoms with Crippen LogP contribution in [0.15, 0.2) is 48.8 Å². The van der Waals surface area contributed by atoms with Crippen molar-refractivity contribution in [1.29, 1.82) is 0 Å². The fourth-order valence-electron chi connectivity index (χ4n) is 3.64. The highest BCUT2D eigenvalue weighted by atomic mass is 35.5. The normalized spacial score (nSPS) is 16.2. The van der Waals surface area contributed by atoms with Crippen molar-refractivity contribution in [3.05, 3.63) is 60.0 Å². The summed E-state index contributed by atoms with van der Waals surface area (Å²) in [7, 11) is 0. The fraction of sp³-hybridized carbons (Fsp3) is 0.364. The van der Waals surface area contributed by atoms with Crippen LogP contribution < -0.4 is 9.64 Å². The van der Waals surface area contributed by atoms with E-state index in [2.05, 4.69) is 28.9 Å². The molecule has 1 saturated heterocycles. The smallest absolute Gasteiger partial charge is 0.122 e. The fourth-order valence-corrected chi connectivity index (χ4v) is 3.64. The molecular formula is C22H26ClN3O2. The van der Waals surface area contributed by atoms with Crippen molar-refractivity contribution >= 4 is 29.0 Å². The third kappa shape index (κ3) is 4.54. The van der Waals surface area contributed by atoms with Crippen molar-refractivity contribution in [2.75, 3.05) is 24.6 Å². The Hall–Kier alpha value is -2.37. The van der Waals surface area contributed by atoms with Gasteiger partial charge in [0.1, 0.15) is 12.4 Å². The molecule has 0 unspecified atom stereocenters. The van der Waals surface area contributed by atoms with E-state index in [1.165, 1.54) is 5.69 Å². The van der Waals surface area contributed by atoms with E-state index in [0.29, 0.717) is 12.7 Å². The minimum atomic E-state index is 0. The summed E-state index contributed by atoms with van der Waals surface area (Å²) in [5.41, 5.74) is 4.27. The molecular weight excluding hydrogens is 374 g/mol. The molecule has 4 rings (SSSR count). The molecule has 148 valence electrons. The number of halogens is 1. The molecule has 0 aliphatic carbocycles. The summed E-state index contributed by atoms with van der Waals surface area (Å²) in [4.78, 5) is 11.3. The number of pyridine rings is 2. The van der Waals surface area contributed by atoms with Gasteiger partial charge in [0.2, 0.25) is 0 Å². The van der Waals surface area contributed by atoms with Gasteiger partial charge in [0.05, 0.1) is 11.6 Å². The van der Waals surface area contributed by atoms with Gasteiger partial charge >= 0.3 is 0 Å². The van der Waals surface area contributed by atoms with Crippen LogP contribution in [0, 0.1) is 6.92 Å². The number of ether oxygens (including phenoxy) is 2. The van der Waals surface area contributed by atoms with Crippen molar-refractivity contribution in [2.45, 2.75) is 33.0 Å². The lowest BCUT2D eigenvalue weighted by Gasteiger charge is -2.21. The molecule has 1 aromatic carbocycles. The number of benzene rings is 1. The Morgan fingerprint density at radius 3 is 2.89 bits per heavy atom. The zero-order chi connectivity index (χ0) is 18.6. The molecule has 0 spiro atoms. The minimum Gasteiger partial charge on any atom is -0.489 e. The van der Waals surface area contributed by atoms with E-state index in [9.17, 15) is 0 Å². The molecule has 6 heteroatoms. The minimum absolute atomic E-state index is 0. The van der Waals surface area contributed by atoms with E-state index in [-0.39, 0.29) is 12.4 Å². The molecule has 1 aliphatic rings. The summed E-state index contributed by atoms with van der Waals surface area (Å²) in [6.45, 7) is 7.32. The van der Waals surface area contributed by atoms with Crippen LogP contribution in [0.4, 0.5) is 5.69 Å². The molecule has 2 aromatic heterocycles. The quantitative estimate of drug-likeness (QED) is 0.608. The summed E-state index contributed by atoms with van der Waals surface area (Å²) in [6, 6.07) is 12.3. The Balaban J connectivity index is 0.00000225. The molecule has 0 N–H and O–H groups in total. The molecule has 1 atom stereocenters. The Morgan fingerprint density at radius 1 is 1.21 bits per heavy atom. The van der Waals surface area contributed by atoms with Gasteiger partial charge in [-0.3, -0.25) is 9.97 Å². The van der Waals surface area contributed by atoms with Crippen LogP contribution in [0.2, 0.25) is 0 Å². The van der Waals surface area contributed by atoms with E-state index in [0.717, 1.165) is 54.0 Å². The predicted molar refractivity (Wildman–Crippen MR) is 115 cm³/mol. The number of aryl methyl sites for hydroxylation is 1. The molecule has 5 nitrogen and oxygen atoms in total. The third-order valence-electron chi connectivity index (χ3n) is 4.90. The summed E-state index contributed by atoms with van der Waals surface area (Å²) in [6.07, 6.45) is 4.98. The number of hydrogen-bond donors (Lipinski definition) is 0. The number of nitrogens with zero attached hydrogens (tertiary/aromatic N) is 3. The Morgan fingerprint density at radius 2 is 2.11 bits per heavy atom. The van der Waals surface area contributed by atoms with Gasteiger partial charge in [-0.15, -0.1) is 12.4 Å². The molecule has 0 bridgehead atoms. The predicted octanol–water partition coefficient (Wildman–Crippen LogP) is 4.55. The number of aromatic nitrogens is 2. The average Bonchev–Trinajstić information content (AvgIpc) is 3.15. The van der Waals surface area contributed by atoms with Crippen LogP contribution in [0.3, 0.4) is 0 Å². The van der Waals surface area contributed by atoms with E-state index >= 15 is 0 Å². The Labute approximate surface area is 172 Å².